The molecule has 0 fully saturated rings. The minimum Gasteiger partial charge on any atom is -0.454 e. The van der Waals surface area contributed by atoms with E-state index in [1.54, 1.807) is 22.9 Å². The van der Waals surface area contributed by atoms with Gasteiger partial charge in [-0.2, -0.15) is 0 Å². The highest BCUT2D eigenvalue weighted by Crippen LogP contribution is 2.37. The van der Waals surface area contributed by atoms with Gasteiger partial charge in [0.15, 0.2) is 11.5 Å². The fourth-order valence-electron chi connectivity index (χ4n) is 4.64. The first-order chi connectivity index (χ1) is 18.0. The molecule has 0 aliphatic carbocycles. The van der Waals surface area contributed by atoms with Crippen LogP contribution in [0.4, 0.5) is 0 Å². The standard InChI is InChI=1S/C28H24ClN3O5/c1-2-17-3-7-21(8-4-17)32-27(34)22-13-19-12-20(29)6-10-23(19)37-28(22)31(32)15-26(33)30-14-18-5-9-24-25(11-18)36-16-35-24/h3-12H,2,13-16H2,1H3,(H,30,33). The summed E-state index contributed by atoms with van der Waals surface area (Å²) >= 11 is 6.18. The molecule has 2 aliphatic rings. The second-order valence-electron chi connectivity index (χ2n) is 8.97. The summed E-state index contributed by atoms with van der Waals surface area (Å²) in [7, 11) is 0. The van der Waals surface area contributed by atoms with E-state index in [4.69, 9.17) is 25.8 Å². The molecule has 8 nitrogen and oxygen atoms in total. The number of nitrogens with one attached hydrogen (secondary N) is 1. The first-order valence-corrected chi connectivity index (χ1v) is 12.4. The summed E-state index contributed by atoms with van der Waals surface area (Å²) in [6.07, 6.45) is 1.25. The Morgan fingerprint density at radius 2 is 1.73 bits per heavy atom. The lowest BCUT2D eigenvalue weighted by molar-refractivity contribution is -0.122. The lowest BCUT2D eigenvalue weighted by atomic mass is 10.0. The molecule has 0 saturated heterocycles. The fraction of sp³-hybridized carbons (Fsp3) is 0.214. The van der Waals surface area contributed by atoms with Crippen LogP contribution in [0.25, 0.3) is 5.69 Å². The predicted octanol–water partition coefficient (Wildman–Crippen LogP) is 4.60. The summed E-state index contributed by atoms with van der Waals surface area (Å²) in [4.78, 5) is 26.7. The summed E-state index contributed by atoms with van der Waals surface area (Å²) in [6, 6.07) is 18.6. The van der Waals surface area contributed by atoms with Crippen LogP contribution < -0.4 is 25.1 Å². The van der Waals surface area contributed by atoms with Crippen molar-refractivity contribution in [3.05, 3.63) is 98.3 Å². The molecule has 0 radical (unpaired) electrons. The van der Waals surface area contributed by atoms with E-state index in [1.165, 1.54) is 4.68 Å². The first-order valence-electron chi connectivity index (χ1n) is 12.1. The van der Waals surface area contributed by atoms with Gasteiger partial charge < -0.3 is 19.5 Å². The van der Waals surface area contributed by atoms with Crippen LogP contribution in [0.3, 0.4) is 0 Å². The lowest BCUT2D eigenvalue weighted by Gasteiger charge is -2.20. The maximum absolute atomic E-state index is 13.6. The van der Waals surface area contributed by atoms with Crippen LogP contribution in [-0.2, 0) is 30.7 Å². The third-order valence-corrected chi connectivity index (χ3v) is 6.83. The van der Waals surface area contributed by atoms with Crippen LogP contribution in [0.1, 0.15) is 29.2 Å². The largest absolute Gasteiger partial charge is 0.454 e. The van der Waals surface area contributed by atoms with Crippen molar-refractivity contribution < 1.29 is 19.0 Å². The molecule has 2 aliphatic heterocycles. The monoisotopic (exact) mass is 517 g/mol. The van der Waals surface area contributed by atoms with Gasteiger partial charge in [0, 0.05) is 23.6 Å². The van der Waals surface area contributed by atoms with Crippen LogP contribution in [0.15, 0.2) is 65.5 Å². The number of halogens is 1. The highest BCUT2D eigenvalue weighted by atomic mass is 35.5. The summed E-state index contributed by atoms with van der Waals surface area (Å²) in [6.45, 7) is 2.46. The molecule has 0 saturated carbocycles. The Morgan fingerprint density at radius 3 is 2.54 bits per heavy atom. The zero-order valence-corrected chi connectivity index (χ0v) is 20.9. The topological polar surface area (TPSA) is 83.7 Å². The summed E-state index contributed by atoms with van der Waals surface area (Å²) < 4.78 is 20.1. The number of hydrogen-bond acceptors (Lipinski definition) is 5. The van der Waals surface area contributed by atoms with Gasteiger partial charge in [0.2, 0.25) is 18.6 Å². The van der Waals surface area contributed by atoms with Crippen molar-refractivity contribution in [1.29, 1.82) is 0 Å². The molecule has 0 bridgehead atoms. The van der Waals surface area contributed by atoms with E-state index in [9.17, 15) is 9.59 Å². The Hall–Kier alpha value is -4.17. The third-order valence-electron chi connectivity index (χ3n) is 6.59. The molecule has 3 heterocycles. The molecule has 0 spiro atoms. The maximum Gasteiger partial charge on any atom is 0.278 e. The quantitative estimate of drug-likeness (QED) is 0.356. The van der Waals surface area contributed by atoms with Crippen LogP contribution >= 0.6 is 11.6 Å². The highest BCUT2D eigenvalue weighted by Gasteiger charge is 2.29. The van der Waals surface area contributed by atoms with Crippen molar-refractivity contribution in [2.75, 3.05) is 6.79 Å². The van der Waals surface area contributed by atoms with Gasteiger partial charge in [-0.3, -0.25) is 9.59 Å². The SMILES string of the molecule is CCc1ccc(-n2c(=O)c3c(n2CC(=O)NCc2ccc4c(c2)OCO4)Oc2ccc(Cl)cc2C3)cc1. The Morgan fingerprint density at radius 1 is 0.973 bits per heavy atom. The van der Waals surface area contributed by atoms with Crippen LogP contribution in [-0.4, -0.2) is 22.1 Å². The number of fused-ring (bicyclic) bond motifs is 3. The number of carbonyl (C=O) groups is 1. The van der Waals surface area contributed by atoms with E-state index in [0.29, 0.717) is 52.4 Å². The highest BCUT2D eigenvalue weighted by molar-refractivity contribution is 6.30. The van der Waals surface area contributed by atoms with Gasteiger partial charge >= 0.3 is 0 Å². The molecule has 1 N–H and O–H groups in total. The normalized spacial score (nSPS) is 13.0. The number of carbonyl (C=O) groups excluding carboxylic acids is 1. The van der Waals surface area contributed by atoms with Gasteiger partial charge in [0.05, 0.1) is 11.3 Å². The van der Waals surface area contributed by atoms with Gasteiger partial charge in [-0.15, -0.1) is 0 Å². The number of aryl methyl sites for hydroxylation is 1. The van der Waals surface area contributed by atoms with Crippen molar-refractivity contribution in [3.8, 4) is 28.8 Å². The second-order valence-corrected chi connectivity index (χ2v) is 9.41. The Balaban J connectivity index is 1.32. The number of aromatic nitrogens is 2. The Kier molecular flexibility index (Phi) is 5.88. The Labute approximate surface area is 217 Å². The number of rotatable bonds is 6. The average Bonchev–Trinajstić information content (AvgIpc) is 3.48. The van der Waals surface area contributed by atoms with E-state index in [-0.39, 0.29) is 24.8 Å². The second kappa shape index (κ2) is 9.37. The molecule has 9 heteroatoms. The molecule has 3 aromatic carbocycles. The molecular formula is C28H24ClN3O5. The predicted molar refractivity (Wildman–Crippen MR) is 138 cm³/mol. The molecule has 4 aromatic rings. The molecule has 6 rings (SSSR count). The zero-order chi connectivity index (χ0) is 25.5. The third kappa shape index (κ3) is 4.34. The summed E-state index contributed by atoms with van der Waals surface area (Å²) in [5, 5.41) is 3.51. The number of benzene rings is 3. The zero-order valence-electron chi connectivity index (χ0n) is 20.1. The fourth-order valence-corrected chi connectivity index (χ4v) is 4.83. The summed E-state index contributed by atoms with van der Waals surface area (Å²) in [5.41, 5.74) is 3.77. The van der Waals surface area contributed by atoms with Gasteiger partial charge in [-0.05, 0) is 60.0 Å². The van der Waals surface area contributed by atoms with E-state index >= 15 is 0 Å². The van der Waals surface area contributed by atoms with E-state index in [2.05, 4.69) is 12.2 Å². The van der Waals surface area contributed by atoms with Crippen LogP contribution in [0.5, 0.6) is 23.1 Å². The number of hydrogen-bond donors (Lipinski definition) is 1. The smallest absolute Gasteiger partial charge is 0.278 e. The molecule has 1 aromatic heterocycles. The lowest BCUT2D eigenvalue weighted by Crippen LogP contribution is -2.31. The van der Waals surface area contributed by atoms with E-state index in [0.717, 1.165) is 23.1 Å². The average molecular weight is 518 g/mol. The van der Waals surface area contributed by atoms with Crippen LogP contribution in [0, 0.1) is 0 Å². The molecule has 1 amide bonds. The van der Waals surface area contributed by atoms with Crippen molar-refractivity contribution >= 4 is 17.5 Å². The minimum atomic E-state index is -0.264. The molecule has 0 atom stereocenters. The molecule has 0 unspecified atom stereocenters. The molecular weight excluding hydrogens is 494 g/mol. The van der Waals surface area contributed by atoms with Gasteiger partial charge in [-0.25, -0.2) is 9.36 Å². The number of nitrogens with zero attached hydrogens (tertiary/aromatic N) is 2. The number of ether oxygens (including phenoxy) is 3. The maximum atomic E-state index is 13.6. The van der Waals surface area contributed by atoms with Crippen molar-refractivity contribution in [2.24, 2.45) is 0 Å². The van der Waals surface area contributed by atoms with E-state index < -0.39 is 0 Å². The van der Waals surface area contributed by atoms with Crippen LogP contribution in [0.2, 0.25) is 5.02 Å². The first kappa shape index (κ1) is 23.2. The molecule has 37 heavy (non-hydrogen) atoms. The van der Waals surface area contributed by atoms with Crippen molar-refractivity contribution in [1.82, 2.24) is 14.7 Å². The van der Waals surface area contributed by atoms with Gasteiger partial charge in [0.1, 0.15) is 12.3 Å². The Bertz CT molecular complexity index is 1570. The minimum absolute atomic E-state index is 0.104. The van der Waals surface area contributed by atoms with Gasteiger partial charge in [-0.1, -0.05) is 36.7 Å². The van der Waals surface area contributed by atoms with Gasteiger partial charge in [0.25, 0.3) is 5.56 Å². The number of amides is 1. The van der Waals surface area contributed by atoms with E-state index in [1.807, 2.05) is 42.5 Å². The van der Waals surface area contributed by atoms with Crippen molar-refractivity contribution in [2.45, 2.75) is 32.9 Å². The molecule has 188 valence electrons. The summed E-state index contributed by atoms with van der Waals surface area (Å²) in [5.74, 6) is 2.05. The van der Waals surface area contributed by atoms with Crippen molar-refractivity contribution in [3.63, 3.8) is 0 Å².